The van der Waals surface area contributed by atoms with Crippen LogP contribution in [0.2, 0.25) is 0 Å². The van der Waals surface area contributed by atoms with Crippen LogP contribution in [0.5, 0.6) is 0 Å². The molecule has 0 amide bonds. The van der Waals surface area contributed by atoms with E-state index in [9.17, 15) is 0 Å². The van der Waals surface area contributed by atoms with Gasteiger partial charge < -0.3 is 4.74 Å². The Bertz CT molecular complexity index is 231. The predicted molar refractivity (Wildman–Crippen MR) is 96.2 cm³/mol. The van der Waals surface area contributed by atoms with Crippen molar-refractivity contribution in [1.82, 2.24) is 0 Å². The first kappa shape index (κ1) is 18.3. The second-order valence-corrected chi connectivity index (χ2v) is 8.12. The lowest BCUT2D eigenvalue weighted by atomic mass is 9.76. The molecule has 0 bridgehead atoms. The molecule has 0 saturated heterocycles. The first-order chi connectivity index (χ1) is 10.8. The molecule has 2 fully saturated rings. The minimum Gasteiger partial charge on any atom is -0.378 e. The summed E-state index contributed by atoms with van der Waals surface area (Å²) in [5.74, 6) is 3.15. The molecule has 0 heterocycles. The summed E-state index contributed by atoms with van der Waals surface area (Å²) in [5.41, 5.74) is 0. The molecule has 0 unspecified atom stereocenters. The Labute approximate surface area is 139 Å². The smallest absolute Gasteiger partial charge is 0.0575 e. The molecular formula is C21H40O. The summed E-state index contributed by atoms with van der Waals surface area (Å²) in [6.07, 6.45) is 20.8. The summed E-state index contributed by atoms with van der Waals surface area (Å²) in [7, 11) is 0. The molecule has 22 heavy (non-hydrogen) atoms. The molecule has 0 radical (unpaired) electrons. The largest absolute Gasteiger partial charge is 0.378 e. The molecule has 0 N–H and O–H groups in total. The van der Waals surface area contributed by atoms with Gasteiger partial charge in [-0.3, -0.25) is 0 Å². The van der Waals surface area contributed by atoms with Crippen molar-refractivity contribution in [2.45, 2.75) is 110 Å². The van der Waals surface area contributed by atoms with E-state index in [1.54, 1.807) is 0 Å². The van der Waals surface area contributed by atoms with Crippen LogP contribution in [0.4, 0.5) is 0 Å². The minimum absolute atomic E-state index is 0.588. The van der Waals surface area contributed by atoms with Crippen molar-refractivity contribution >= 4 is 0 Å². The van der Waals surface area contributed by atoms with Crippen LogP contribution in [-0.2, 0) is 4.74 Å². The Morgan fingerprint density at radius 1 is 0.636 bits per heavy atom. The van der Waals surface area contributed by atoms with E-state index in [0.29, 0.717) is 6.10 Å². The fourth-order valence-electron chi connectivity index (χ4n) is 4.64. The van der Waals surface area contributed by atoms with E-state index < -0.39 is 0 Å². The first-order valence-electron chi connectivity index (χ1n) is 10.4. The lowest BCUT2D eigenvalue weighted by Crippen LogP contribution is -2.23. The predicted octanol–water partition coefficient (Wildman–Crippen LogP) is 6.75. The fraction of sp³-hybridized carbons (Fsp3) is 1.00. The second kappa shape index (κ2) is 10.7. The maximum atomic E-state index is 5.92. The molecule has 0 spiro atoms. The average molecular weight is 309 g/mol. The Morgan fingerprint density at radius 3 is 1.64 bits per heavy atom. The lowest BCUT2D eigenvalue weighted by molar-refractivity contribution is 0.0167. The Hall–Kier alpha value is -0.0400. The van der Waals surface area contributed by atoms with Crippen molar-refractivity contribution in [1.29, 1.82) is 0 Å². The summed E-state index contributed by atoms with van der Waals surface area (Å²) in [5, 5.41) is 0. The number of hydrogen-bond donors (Lipinski definition) is 0. The molecule has 1 heteroatoms. The molecule has 0 aromatic heterocycles. The molecule has 2 rings (SSSR count). The number of rotatable bonds is 9. The lowest BCUT2D eigenvalue weighted by Gasteiger charge is -2.32. The zero-order valence-corrected chi connectivity index (χ0v) is 15.3. The third-order valence-electron chi connectivity index (χ3n) is 6.27. The van der Waals surface area contributed by atoms with E-state index in [4.69, 9.17) is 4.74 Å². The number of ether oxygens (including phenoxy) is 1. The van der Waals surface area contributed by atoms with Gasteiger partial charge in [0.15, 0.2) is 0 Å². The Balaban J connectivity index is 1.52. The van der Waals surface area contributed by atoms with Gasteiger partial charge in [0.05, 0.1) is 6.10 Å². The van der Waals surface area contributed by atoms with Crippen molar-refractivity contribution in [2.75, 3.05) is 6.61 Å². The van der Waals surface area contributed by atoms with Crippen molar-refractivity contribution in [2.24, 2.45) is 17.8 Å². The Kier molecular flexibility index (Phi) is 8.89. The van der Waals surface area contributed by atoms with E-state index in [-0.39, 0.29) is 0 Å². The normalized spacial score (nSPS) is 33.0. The maximum absolute atomic E-state index is 5.92. The summed E-state index contributed by atoms with van der Waals surface area (Å²) in [4.78, 5) is 0. The van der Waals surface area contributed by atoms with E-state index in [2.05, 4.69) is 13.8 Å². The first-order valence-corrected chi connectivity index (χ1v) is 10.4. The highest BCUT2D eigenvalue weighted by atomic mass is 16.5. The highest BCUT2D eigenvalue weighted by Gasteiger charge is 2.24. The van der Waals surface area contributed by atoms with Crippen LogP contribution in [0.15, 0.2) is 0 Å². The minimum atomic E-state index is 0.588. The molecular weight excluding hydrogens is 268 g/mol. The molecule has 0 aromatic carbocycles. The molecule has 0 aromatic rings. The van der Waals surface area contributed by atoms with Crippen molar-refractivity contribution in [3.63, 3.8) is 0 Å². The summed E-state index contributed by atoms with van der Waals surface area (Å²) >= 11 is 0. The highest BCUT2D eigenvalue weighted by molar-refractivity contribution is 4.77. The second-order valence-electron chi connectivity index (χ2n) is 8.12. The standard InChI is InChI=1S/C21H40O/c1-3-5-6-18-7-9-19(10-8-18)11-12-20-13-15-21(16-14-20)22-17-4-2/h18-21H,3-17H2,1-2H3/t18-,19-,20-,21-. The topological polar surface area (TPSA) is 9.23 Å². The van der Waals surface area contributed by atoms with Gasteiger partial charge in [0.25, 0.3) is 0 Å². The third kappa shape index (κ3) is 6.60. The molecule has 0 aliphatic heterocycles. The third-order valence-corrected chi connectivity index (χ3v) is 6.27. The van der Waals surface area contributed by atoms with E-state index in [0.717, 1.165) is 24.4 Å². The zero-order valence-electron chi connectivity index (χ0n) is 15.3. The van der Waals surface area contributed by atoms with Crippen LogP contribution in [0, 0.1) is 17.8 Å². The van der Waals surface area contributed by atoms with E-state index in [1.165, 1.54) is 89.9 Å². The van der Waals surface area contributed by atoms with Gasteiger partial charge in [-0.25, -0.2) is 0 Å². The van der Waals surface area contributed by atoms with Crippen LogP contribution < -0.4 is 0 Å². The van der Waals surface area contributed by atoms with Crippen LogP contribution in [-0.4, -0.2) is 12.7 Å². The van der Waals surface area contributed by atoms with Gasteiger partial charge in [0, 0.05) is 6.61 Å². The monoisotopic (exact) mass is 308 g/mol. The van der Waals surface area contributed by atoms with Gasteiger partial charge >= 0.3 is 0 Å². The van der Waals surface area contributed by atoms with Crippen molar-refractivity contribution in [3.8, 4) is 0 Å². The summed E-state index contributed by atoms with van der Waals surface area (Å²) < 4.78 is 5.92. The number of unbranched alkanes of at least 4 members (excludes halogenated alkanes) is 1. The molecule has 130 valence electrons. The highest BCUT2D eigenvalue weighted by Crippen LogP contribution is 2.37. The number of hydrogen-bond acceptors (Lipinski definition) is 1. The van der Waals surface area contributed by atoms with Gasteiger partial charge in [-0.05, 0) is 49.9 Å². The van der Waals surface area contributed by atoms with Crippen LogP contribution in [0.25, 0.3) is 0 Å². The van der Waals surface area contributed by atoms with Crippen LogP contribution in [0.3, 0.4) is 0 Å². The Morgan fingerprint density at radius 2 is 1.14 bits per heavy atom. The fourth-order valence-corrected chi connectivity index (χ4v) is 4.64. The van der Waals surface area contributed by atoms with E-state index >= 15 is 0 Å². The van der Waals surface area contributed by atoms with Gasteiger partial charge in [0.2, 0.25) is 0 Å². The SMILES string of the molecule is CCCC[C@H]1CC[C@H](CC[C@H]2CC[C@H](OCCC)CC2)CC1. The summed E-state index contributed by atoms with van der Waals surface area (Å²) in [6, 6.07) is 0. The van der Waals surface area contributed by atoms with Crippen molar-refractivity contribution in [3.05, 3.63) is 0 Å². The van der Waals surface area contributed by atoms with Gasteiger partial charge in [-0.2, -0.15) is 0 Å². The summed E-state index contributed by atoms with van der Waals surface area (Å²) in [6.45, 7) is 5.51. The molecule has 0 atom stereocenters. The molecule has 1 nitrogen and oxygen atoms in total. The average Bonchev–Trinajstić information content (AvgIpc) is 2.58. The molecule has 2 saturated carbocycles. The molecule has 2 aliphatic carbocycles. The van der Waals surface area contributed by atoms with Crippen LogP contribution in [0.1, 0.15) is 104 Å². The van der Waals surface area contributed by atoms with Gasteiger partial charge in [0.1, 0.15) is 0 Å². The van der Waals surface area contributed by atoms with E-state index in [1.807, 2.05) is 0 Å². The van der Waals surface area contributed by atoms with Gasteiger partial charge in [-0.15, -0.1) is 0 Å². The zero-order chi connectivity index (χ0) is 15.6. The van der Waals surface area contributed by atoms with Crippen molar-refractivity contribution < 1.29 is 4.74 Å². The van der Waals surface area contributed by atoms with Gasteiger partial charge in [-0.1, -0.05) is 71.6 Å². The maximum Gasteiger partial charge on any atom is 0.0575 e. The quantitative estimate of drug-likeness (QED) is 0.458. The van der Waals surface area contributed by atoms with Crippen LogP contribution >= 0.6 is 0 Å². The molecule has 2 aliphatic rings.